The summed E-state index contributed by atoms with van der Waals surface area (Å²) in [4.78, 5) is 4.18. The van der Waals surface area contributed by atoms with E-state index in [0.717, 1.165) is 5.56 Å². The fourth-order valence-electron chi connectivity index (χ4n) is 1.87. The van der Waals surface area contributed by atoms with E-state index in [1.54, 1.807) is 12.3 Å². The Morgan fingerprint density at radius 3 is 2.74 bits per heavy atom. The van der Waals surface area contributed by atoms with E-state index in [0.29, 0.717) is 11.5 Å². The molecule has 0 saturated heterocycles. The van der Waals surface area contributed by atoms with Gasteiger partial charge in [0, 0.05) is 18.3 Å². The minimum atomic E-state index is -1.95. The minimum Gasteiger partial charge on any atom is -0.365 e. The number of hydrogen-bond donors (Lipinski definition) is 1. The number of nitrogens with zero attached hydrogens (tertiary/aromatic N) is 3. The van der Waals surface area contributed by atoms with Gasteiger partial charge in [-0.05, 0) is 24.9 Å². The molecular formula is C11H11BCl3N3O. The third kappa shape index (κ3) is 2.57. The highest BCUT2D eigenvalue weighted by Gasteiger charge is 2.56. The number of anilines is 1. The average Bonchev–Trinajstić information content (AvgIpc) is 2.68. The van der Waals surface area contributed by atoms with E-state index in [-0.39, 0.29) is 12.7 Å². The van der Waals surface area contributed by atoms with Gasteiger partial charge in [0.25, 0.3) is 0 Å². The highest BCUT2D eigenvalue weighted by molar-refractivity contribution is 6.68. The zero-order chi connectivity index (χ0) is 14.3. The molecule has 1 aliphatic heterocycles. The van der Waals surface area contributed by atoms with E-state index in [1.807, 2.05) is 13.0 Å². The van der Waals surface area contributed by atoms with Crippen LogP contribution in [0.4, 0.5) is 5.82 Å². The van der Waals surface area contributed by atoms with Gasteiger partial charge in [-0.3, -0.25) is 0 Å². The molecule has 0 aliphatic carbocycles. The van der Waals surface area contributed by atoms with Gasteiger partial charge in [0.1, 0.15) is 0 Å². The molecule has 0 fully saturated rings. The highest BCUT2D eigenvalue weighted by Crippen LogP contribution is 2.47. The lowest BCUT2D eigenvalue weighted by molar-refractivity contribution is 0.0556. The molecule has 1 atom stereocenters. The Bertz CT molecular complexity index is 520. The van der Waals surface area contributed by atoms with Crippen LogP contribution in [0.5, 0.6) is 0 Å². The number of hydrazone groups is 1. The molecule has 0 aromatic carbocycles. The van der Waals surface area contributed by atoms with Gasteiger partial charge in [0.05, 0.1) is 7.85 Å². The van der Waals surface area contributed by atoms with Crippen LogP contribution in [-0.2, 0) is 0 Å². The Kier molecular flexibility index (Phi) is 4.03. The van der Waals surface area contributed by atoms with Crippen LogP contribution in [0.25, 0.3) is 0 Å². The maximum Gasteiger partial charge on any atom is 0.239 e. The van der Waals surface area contributed by atoms with Crippen molar-refractivity contribution in [2.24, 2.45) is 5.10 Å². The molecule has 1 unspecified atom stereocenters. The Morgan fingerprint density at radius 2 is 2.21 bits per heavy atom. The summed E-state index contributed by atoms with van der Waals surface area (Å²) in [7, 11) is 5.56. The number of aromatic nitrogens is 1. The molecule has 0 saturated carbocycles. The number of alkyl halides is 3. The van der Waals surface area contributed by atoms with Crippen LogP contribution in [0.1, 0.15) is 12.0 Å². The molecule has 8 heteroatoms. The first-order valence-corrected chi connectivity index (χ1v) is 6.70. The molecule has 19 heavy (non-hydrogen) atoms. The van der Waals surface area contributed by atoms with E-state index >= 15 is 0 Å². The molecule has 1 aromatic rings. The molecule has 1 aliphatic rings. The fourth-order valence-corrected chi connectivity index (χ4v) is 2.31. The van der Waals surface area contributed by atoms with Gasteiger partial charge in [0.2, 0.25) is 9.52 Å². The van der Waals surface area contributed by atoms with Crippen molar-refractivity contribution in [2.45, 2.75) is 29.2 Å². The van der Waals surface area contributed by atoms with E-state index < -0.39 is 9.52 Å². The molecule has 0 amide bonds. The van der Waals surface area contributed by atoms with Gasteiger partial charge in [-0.2, -0.15) is 5.10 Å². The Balaban J connectivity index is 2.51. The number of aryl methyl sites for hydroxylation is 1. The van der Waals surface area contributed by atoms with Crippen molar-refractivity contribution in [3.63, 3.8) is 0 Å². The zero-order valence-electron chi connectivity index (χ0n) is 10.1. The van der Waals surface area contributed by atoms with Crippen molar-refractivity contribution < 1.29 is 5.11 Å². The van der Waals surface area contributed by atoms with Crippen LogP contribution in [-0.4, -0.2) is 33.2 Å². The quantitative estimate of drug-likeness (QED) is 0.673. The smallest absolute Gasteiger partial charge is 0.239 e. The summed E-state index contributed by atoms with van der Waals surface area (Å²) in [5.41, 5.74) is -0.457. The molecule has 1 N–H and O–H groups in total. The van der Waals surface area contributed by atoms with E-state index in [4.69, 9.17) is 42.6 Å². The lowest BCUT2D eigenvalue weighted by Crippen LogP contribution is -2.53. The van der Waals surface area contributed by atoms with Crippen LogP contribution in [0.3, 0.4) is 0 Å². The first-order valence-electron chi connectivity index (χ1n) is 5.57. The van der Waals surface area contributed by atoms with Crippen LogP contribution in [0.2, 0.25) is 6.32 Å². The first-order chi connectivity index (χ1) is 8.79. The Morgan fingerprint density at radius 1 is 1.53 bits per heavy atom. The second kappa shape index (κ2) is 5.13. The predicted octanol–water partition coefficient (Wildman–Crippen LogP) is 2.60. The predicted molar refractivity (Wildman–Crippen MR) is 79.3 cm³/mol. The molecule has 2 heterocycles. The second-order valence-corrected chi connectivity index (χ2v) is 6.60. The van der Waals surface area contributed by atoms with Crippen molar-refractivity contribution >= 4 is 54.2 Å². The van der Waals surface area contributed by atoms with E-state index in [1.165, 1.54) is 5.01 Å². The van der Waals surface area contributed by atoms with E-state index in [2.05, 4.69) is 10.1 Å². The van der Waals surface area contributed by atoms with Gasteiger partial charge >= 0.3 is 0 Å². The molecule has 1 aromatic heterocycles. The number of rotatable bonds is 2. The van der Waals surface area contributed by atoms with Crippen molar-refractivity contribution in [2.75, 3.05) is 5.01 Å². The summed E-state index contributed by atoms with van der Waals surface area (Å²) < 4.78 is -1.95. The van der Waals surface area contributed by atoms with Gasteiger partial charge < -0.3 is 5.11 Å². The summed E-state index contributed by atoms with van der Waals surface area (Å²) in [6, 6.07) is 3.61. The average molecular weight is 318 g/mol. The molecule has 100 valence electrons. The van der Waals surface area contributed by atoms with Gasteiger partial charge in [-0.1, -0.05) is 40.9 Å². The molecule has 2 radical (unpaired) electrons. The van der Waals surface area contributed by atoms with Crippen molar-refractivity contribution in [3.05, 3.63) is 23.9 Å². The normalized spacial score (nSPS) is 23.6. The largest absolute Gasteiger partial charge is 0.365 e. The monoisotopic (exact) mass is 317 g/mol. The van der Waals surface area contributed by atoms with Crippen LogP contribution in [0.15, 0.2) is 23.4 Å². The molecular weight excluding hydrogens is 307 g/mol. The highest BCUT2D eigenvalue weighted by atomic mass is 35.6. The minimum absolute atomic E-state index is 0.0516. The fraction of sp³-hybridized carbons (Fsp3) is 0.455. The summed E-state index contributed by atoms with van der Waals surface area (Å²) in [6.45, 7) is 1.83. The lowest BCUT2D eigenvalue weighted by atomic mass is 9.95. The summed E-state index contributed by atoms with van der Waals surface area (Å²) in [5.74, 6) is 0.430. The van der Waals surface area contributed by atoms with Crippen LogP contribution in [0, 0.1) is 6.92 Å². The van der Waals surface area contributed by atoms with Crippen molar-refractivity contribution in [1.82, 2.24) is 4.98 Å². The zero-order valence-corrected chi connectivity index (χ0v) is 12.4. The topological polar surface area (TPSA) is 48.7 Å². The first kappa shape index (κ1) is 14.9. The third-order valence-corrected chi connectivity index (χ3v) is 3.82. The lowest BCUT2D eigenvalue weighted by Gasteiger charge is -2.37. The van der Waals surface area contributed by atoms with Crippen molar-refractivity contribution in [3.8, 4) is 0 Å². The van der Waals surface area contributed by atoms with Gasteiger partial charge in [0.15, 0.2) is 5.82 Å². The SMILES string of the molecule is [B]CC1=NN(c2ncccc2C)C(O)(C(Cl)(Cl)Cl)C1. The number of hydrogen-bond acceptors (Lipinski definition) is 4. The summed E-state index contributed by atoms with van der Waals surface area (Å²) >= 11 is 17.7. The van der Waals surface area contributed by atoms with Crippen LogP contribution >= 0.6 is 34.8 Å². The summed E-state index contributed by atoms with van der Waals surface area (Å²) in [6.07, 6.45) is 1.80. The van der Waals surface area contributed by atoms with Gasteiger partial charge in [-0.15, -0.1) is 0 Å². The van der Waals surface area contributed by atoms with Crippen LogP contribution < -0.4 is 5.01 Å². The molecule has 4 nitrogen and oxygen atoms in total. The summed E-state index contributed by atoms with van der Waals surface area (Å²) in [5, 5.41) is 16.1. The maximum absolute atomic E-state index is 10.7. The third-order valence-electron chi connectivity index (χ3n) is 2.91. The maximum atomic E-state index is 10.7. The Labute approximate surface area is 127 Å². The number of pyridine rings is 1. The second-order valence-electron chi connectivity index (χ2n) is 4.32. The van der Waals surface area contributed by atoms with Gasteiger partial charge in [-0.25, -0.2) is 9.99 Å². The number of aliphatic hydroxyl groups is 1. The number of halogens is 3. The Hall–Kier alpha value is -0.485. The van der Waals surface area contributed by atoms with Crippen molar-refractivity contribution in [1.29, 1.82) is 0 Å². The molecule has 0 bridgehead atoms. The molecule has 2 rings (SSSR count). The standard InChI is InChI=1S/C11H11BCl3N3O/c1-7-3-2-4-16-9(7)18-10(19,11(13,14)15)5-8(6-12)17-18/h2-4,19H,5-6H2,1H3. The molecule has 0 spiro atoms. The van der Waals surface area contributed by atoms with E-state index in [9.17, 15) is 5.11 Å².